The summed E-state index contributed by atoms with van der Waals surface area (Å²) in [6.07, 6.45) is 0.769. The molecule has 0 atom stereocenters. The summed E-state index contributed by atoms with van der Waals surface area (Å²) in [4.78, 5) is 0. The normalized spacial score (nSPS) is 8.88. The number of methoxy groups -OCH3 is 2. The molecule has 4 heteroatoms. The SMILES string of the molecule is CCC.COCC(O)COC.c1ccsc1. The van der Waals surface area contributed by atoms with E-state index in [1.807, 2.05) is 22.9 Å². The Morgan fingerprint density at radius 1 is 1.06 bits per heavy atom. The molecule has 1 aromatic rings. The molecule has 1 rings (SSSR count). The molecule has 0 bridgehead atoms. The van der Waals surface area contributed by atoms with E-state index in [2.05, 4.69) is 23.3 Å². The molecular formula is C12H24O3S. The van der Waals surface area contributed by atoms with Crippen LogP contribution in [-0.2, 0) is 9.47 Å². The minimum Gasteiger partial charge on any atom is -0.388 e. The minimum atomic E-state index is -0.481. The van der Waals surface area contributed by atoms with Gasteiger partial charge in [0.15, 0.2) is 0 Å². The predicted octanol–water partition coefficient (Wildman–Crippen LogP) is 2.80. The highest BCUT2D eigenvalue weighted by Gasteiger charge is 1.99. The molecular weight excluding hydrogens is 224 g/mol. The first-order chi connectivity index (χ1) is 7.72. The highest BCUT2D eigenvalue weighted by Crippen LogP contribution is 1.91. The topological polar surface area (TPSA) is 38.7 Å². The number of hydrogen-bond acceptors (Lipinski definition) is 4. The molecule has 0 aliphatic rings. The highest BCUT2D eigenvalue weighted by atomic mass is 32.1. The molecule has 96 valence electrons. The van der Waals surface area contributed by atoms with Crippen molar-refractivity contribution in [3.63, 3.8) is 0 Å². The van der Waals surface area contributed by atoms with E-state index in [4.69, 9.17) is 5.11 Å². The van der Waals surface area contributed by atoms with Crippen LogP contribution in [0.5, 0.6) is 0 Å². The standard InChI is InChI=1S/C5H12O3.C4H4S.C3H8/c1-7-3-5(6)4-8-2;1-2-4-5-3-1;1-3-2/h5-6H,3-4H2,1-2H3;1-4H;3H2,1-2H3. The lowest BCUT2D eigenvalue weighted by Gasteiger charge is -2.05. The van der Waals surface area contributed by atoms with Gasteiger partial charge in [-0.2, -0.15) is 11.3 Å². The Morgan fingerprint density at radius 2 is 1.44 bits per heavy atom. The van der Waals surface area contributed by atoms with Crippen LogP contribution >= 0.6 is 11.3 Å². The first-order valence-electron chi connectivity index (χ1n) is 5.35. The maximum Gasteiger partial charge on any atom is 0.101 e. The average Bonchev–Trinajstić information content (AvgIpc) is 2.77. The van der Waals surface area contributed by atoms with E-state index in [1.165, 1.54) is 6.42 Å². The van der Waals surface area contributed by atoms with Crippen LogP contribution in [0.3, 0.4) is 0 Å². The van der Waals surface area contributed by atoms with E-state index in [-0.39, 0.29) is 0 Å². The Bertz CT molecular complexity index is 155. The summed E-state index contributed by atoms with van der Waals surface area (Å²) in [7, 11) is 3.08. The first-order valence-corrected chi connectivity index (χ1v) is 6.30. The van der Waals surface area contributed by atoms with Gasteiger partial charge < -0.3 is 14.6 Å². The van der Waals surface area contributed by atoms with Crippen LogP contribution in [0.15, 0.2) is 22.9 Å². The molecule has 0 aromatic carbocycles. The van der Waals surface area contributed by atoms with E-state index < -0.39 is 6.10 Å². The van der Waals surface area contributed by atoms with Crippen LogP contribution in [-0.4, -0.2) is 38.6 Å². The molecule has 3 nitrogen and oxygen atoms in total. The smallest absolute Gasteiger partial charge is 0.101 e. The molecule has 0 saturated carbocycles. The monoisotopic (exact) mass is 248 g/mol. The van der Waals surface area contributed by atoms with Crippen LogP contribution in [0.2, 0.25) is 0 Å². The van der Waals surface area contributed by atoms with E-state index in [1.54, 1.807) is 25.6 Å². The number of thiophene rings is 1. The number of aliphatic hydroxyl groups excluding tert-OH is 1. The summed E-state index contributed by atoms with van der Waals surface area (Å²) in [5.41, 5.74) is 0. The molecule has 0 unspecified atom stereocenters. The predicted molar refractivity (Wildman–Crippen MR) is 70.0 cm³/mol. The van der Waals surface area contributed by atoms with Crippen LogP contribution in [0.1, 0.15) is 20.3 Å². The average molecular weight is 248 g/mol. The third kappa shape index (κ3) is 19.2. The van der Waals surface area contributed by atoms with Gasteiger partial charge in [0.2, 0.25) is 0 Å². The summed E-state index contributed by atoms with van der Waals surface area (Å²) < 4.78 is 9.25. The second-order valence-electron chi connectivity index (χ2n) is 3.06. The largest absolute Gasteiger partial charge is 0.388 e. The highest BCUT2D eigenvalue weighted by molar-refractivity contribution is 7.07. The van der Waals surface area contributed by atoms with E-state index >= 15 is 0 Å². The Hall–Kier alpha value is -0.420. The van der Waals surface area contributed by atoms with Gasteiger partial charge in [0.05, 0.1) is 13.2 Å². The third-order valence-electron chi connectivity index (χ3n) is 1.14. The summed E-state index contributed by atoms with van der Waals surface area (Å²) in [5, 5.41) is 12.9. The van der Waals surface area contributed by atoms with Crippen molar-refractivity contribution in [3.8, 4) is 0 Å². The van der Waals surface area contributed by atoms with Gasteiger partial charge in [0.25, 0.3) is 0 Å². The van der Waals surface area contributed by atoms with Crippen molar-refractivity contribution in [1.82, 2.24) is 0 Å². The Balaban J connectivity index is 0. The maximum absolute atomic E-state index is 8.80. The maximum atomic E-state index is 8.80. The van der Waals surface area contributed by atoms with Crippen molar-refractivity contribution < 1.29 is 14.6 Å². The third-order valence-corrected chi connectivity index (χ3v) is 1.77. The fourth-order valence-corrected chi connectivity index (χ4v) is 1.11. The molecule has 0 radical (unpaired) electrons. The van der Waals surface area contributed by atoms with Crippen LogP contribution < -0.4 is 0 Å². The van der Waals surface area contributed by atoms with Crippen molar-refractivity contribution in [1.29, 1.82) is 0 Å². The summed E-state index contributed by atoms with van der Waals surface area (Å²) in [5.74, 6) is 0. The molecule has 1 N–H and O–H groups in total. The van der Waals surface area contributed by atoms with Gasteiger partial charge in [0, 0.05) is 14.2 Å². The lowest BCUT2D eigenvalue weighted by molar-refractivity contribution is 0.00980. The number of ether oxygens (including phenoxy) is 2. The van der Waals surface area contributed by atoms with Gasteiger partial charge in [-0.1, -0.05) is 32.4 Å². The summed E-state index contributed by atoms with van der Waals surface area (Å²) in [6.45, 7) is 4.93. The number of rotatable bonds is 4. The van der Waals surface area contributed by atoms with Gasteiger partial charge >= 0.3 is 0 Å². The summed E-state index contributed by atoms with van der Waals surface area (Å²) in [6, 6.07) is 4.04. The lowest BCUT2D eigenvalue weighted by atomic mass is 10.4. The van der Waals surface area contributed by atoms with Gasteiger partial charge in [-0.15, -0.1) is 0 Å². The van der Waals surface area contributed by atoms with E-state index in [0.717, 1.165) is 0 Å². The fraction of sp³-hybridized carbons (Fsp3) is 0.667. The first kappa shape index (κ1) is 18.0. The quantitative estimate of drug-likeness (QED) is 0.890. The Kier molecular flexibility index (Phi) is 19.1. The molecule has 1 heterocycles. The zero-order chi connectivity index (χ0) is 12.6. The van der Waals surface area contributed by atoms with Crippen molar-refractivity contribution >= 4 is 11.3 Å². The second-order valence-corrected chi connectivity index (χ2v) is 3.88. The Labute approximate surface area is 103 Å². The molecule has 0 fully saturated rings. The van der Waals surface area contributed by atoms with E-state index in [9.17, 15) is 0 Å². The lowest BCUT2D eigenvalue weighted by Crippen LogP contribution is -2.19. The van der Waals surface area contributed by atoms with Crippen molar-refractivity contribution in [2.45, 2.75) is 26.4 Å². The van der Waals surface area contributed by atoms with Crippen molar-refractivity contribution in [2.75, 3.05) is 27.4 Å². The molecule has 1 aromatic heterocycles. The van der Waals surface area contributed by atoms with Crippen molar-refractivity contribution in [3.05, 3.63) is 22.9 Å². The van der Waals surface area contributed by atoms with E-state index in [0.29, 0.717) is 13.2 Å². The Morgan fingerprint density at radius 3 is 1.62 bits per heavy atom. The van der Waals surface area contributed by atoms with Gasteiger partial charge in [-0.25, -0.2) is 0 Å². The molecule has 0 spiro atoms. The number of aliphatic hydroxyl groups is 1. The molecule has 16 heavy (non-hydrogen) atoms. The second kappa shape index (κ2) is 17.0. The molecule has 0 amide bonds. The molecule has 0 saturated heterocycles. The van der Waals surface area contributed by atoms with Gasteiger partial charge in [0.1, 0.15) is 6.10 Å². The molecule has 0 aliphatic heterocycles. The van der Waals surface area contributed by atoms with Gasteiger partial charge in [-0.3, -0.25) is 0 Å². The zero-order valence-corrected chi connectivity index (χ0v) is 11.5. The van der Waals surface area contributed by atoms with Crippen LogP contribution in [0, 0.1) is 0 Å². The van der Waals surface area contributed by atoms with Crippen molar-refractivity contribution in [2.24, 2.45) is 0 Å². The number of hydrogen-bond donors (Lipinski definition) is 1. The van der Waals surface area contributed by atoms with Crippen LogP contribution in [0.25, 0.3) is 0 Å². The zero-order valence-electron chi connectivity index (χ0n) is 10.7. The van der Waals surface area contributed by atoms with Gasteiger partial charge in [-0.05, 0) is 10.8 Å². The summed E-state index contributed by atoms with van der Waals surface area (Å²) >= 11 is 1.71. The fourth-order valence-electron chi connectivity index (χ4n) is 0.660. The molecule has 0 aliphatic carbocycles. The van der Waals surface area contributed by atoms with Crippen LogP contribution in [0.4, 0.5) is 0 Å². The minimum absolute atomic E-state index is 0.341.